The van der Waals surface area contributed by atoms with E-state index in [9.17, 15) is 14.7 Å². The summed E-state index contributed by atoms with van der Waals surface area (Å²) in [4.78, 5) is 27.2. The van der Waals surface area contributed by atoms with Crippen LogP contribution in [-0.2, 0) is 14.4 Å². The highest BCUT2D eigenvalue weighted by molar-refractivity contribution is 5.97. The van der Waals surface area contributed by atoms with Gasteiger partial charge in [0.1, 0.15) is 0 Å². The molecule has 1 N–H and O–H groups in total. The van der Waals surface area contributed by atoms with Gasteiger partial charge in [-0.25, -0.2) is 4.79 Å². The van der Waals surface area contributed by atoms with Crippen LogP contribution in [0, 0.1) is 23.2 Å². The molecule has 0 saturated heterocycles. The van der Waals surface area contributed by atoms with Crippen LogP contribution in [0.25, 0.3) is 0 Å². The van der Waals surface area contributed by atoms with Gasteiger partial charge in [-0.3, -0.25) is 9.63 Å². The van der Waals surface area contributed by atoms with Crippen molar-refractivity contribution in [1.82, 2.24) is 0 Å². The van der Waals surface area contributed by atoms with Crippen molar-refractivity contribution in [3.05, 3.63) is 22.8 Å². The minimum absolute atomic E-state index is 0.171. The van der Waals surface area contributed by atoms with Gasteiger partial charge < -0.3 is 9.84 Å². The molecule has 2 saturated carbocycles. The summed E-state index contributed by atoms with van der Waals surface area (Å²) in [5, 5.41) is 13.3. The van der Waals surface area contributed by atoms with E-state index in [0.29, 0.717) is 24.2 Å². The number of oxime groups is 1. The van der Waals surface area contributed by atoms with Crippen molar-refractivity contribution in [3.8, 4) is 0 Å². The van der Waals surface area contributed by atoms with Crippen molar-refractivity contribution < 1.29 is 24.3 Å². The van der Waals surface area contributed by atoms with E-state index in [2.05, 4.69) is 22.9 Å². The molecule has 0 heterocycles. The van der Waals surface area contributed by atoms with E-state index >= 15 is 0 Å². The minimum Gasteiger partial charge on any atom is -0.481 e. The molecular formula is C22H29NO5. The van der Waals surface area contributed by atoms with Crippen molar-refractivity contribution in [2.24, 2.45) is 28.3 Å². The Morgan fingerprint density at radius 2 is 2.04 bits per heavy atom. The molecule has 0 amide bonds. The van der Waals surface area contributed by atoms with Gasteiger partial charge in [0.15, 0.2) is 0 Å². The van der Waals surface area contributed by atoms with Crippen molar-refractivity contribution in [1.29, 1.82) is 0 Å². The monoisotopic (exact) mass is 387 g/mol. The van der Waals surface area contributed by atoms with E-state index in [0.717, 1.165) is 57.1 Å². The van der Waals surface area contributed by atoms with Gasteiger partial charge in [0.2, 0.25) is 0 Å². The number of carbonyl (C=O) groups is 2. The van der Waals surface area contributed by atoms with Crippen LogP contribution in [0.5, 0.6) is 0 Å². The number of nitrogens with zero attached hydrogens (tertiary/aromatic N) is 1. The number of rotatable bonds is 3. The SMILES string of the molecule is COC(=O)ON=C1C=C2CCC3C(=C2CC1)CC[C@@]1(C)C3CC[C@@H]1CC(=O)O. The molecule has 0 bridgehead atoms. The summed E-state index contributed by atoms with van der Waals surface area (Å²) in [6.45, 7) is 2.35. The van der Waals surface area contributed by atoms with E-state index in [-0.39, 0.29) is 5.41 Å². The molecule has 4 atom stereocenters. The van der Waals surface area contributed by atoms with Gasteiger partial charge in [0, 0.05) is 6.42 Å². The Balaban J connectivity index is 1.56. The van der Waals surface area contributed by atoms with Crippen LogP contribution < -0.4 is 0 Å². The summed E-state index contributed by atoms with van der Waals surface area (Å²) in [6.07, 6.45) is 9.90. The van der Waals surface area contributed by atoms with Crippen LogP contribution in [0.3, 0.4) is 0 Å². The Bertz CT molecular complexity index is 780. The molecule has 0 aromatic carbocycles. The molecule has 6 nitrogen and oxygen atoms in total. The van der Waals surface area contributed by atoms with Crippen molar-refractivity contribution in [3.63, 3.8) is 0 Å². The predicted octanol–water partition coefficient (Wildman–Crippen LogP) is 4.85. The fourth-order valence-corrected chi connectivity index (χ4v) is 6.40. The van der Waals surface area contributed by atoms with Gasteiger partial charge in [-0.2, -0.15) is 0 Å². The van der Waals surface area contributed by atoms with E-state index in [4.69, 9.17) is 4.84 Å². The summed E-state index contributed by atoms with van der Waals surface area (Å²) in [5.74, 6) is 0.888. The molecule has 0 aromatic rings. The highest BCUT2D eigenvalue weighted by Gasteiger charge is 2.53. The van der Waals surface area contributed by atoms with Gasteiger partial charge in [0.05, 0.1) is 12.8 Å². The first kappa shape index (κ1) is 19.2. The number of carboxylic acids is 1. The van der Waals surface area contributed by atoms with Crippen LogP contribution in [-0.4, -0.2) is 30.1 Å². The standard InChI is InChI=1S/C22H29NO5/c1-22-10-9-17-16-7-5-15(23-28-21(26)27-2)11-13(16)3-6-18(17)19(22)8-4-14(22)12-20(24)25/h11,14,18-19H,3-10,12H2,1-2H3,(H,24,25)/t14-,18?,19?,22-/m1/s1. The first-order chi connectivity index (χ1) is 13.4. The Morgan fingerprint density at radius 3 is 2.79 bits per heavy atom. The molecule has 4 aliphatic rings. The zero-order valence-electron chi connectivity index (χ0n) is 16.7. The van der Waals surface area contributed by atoms with Crippen LogP contribution >= 0.6 is 0 Å². The first-order valence-corrected chi connectivity index (χ1v) is 10.4. The third-order valence-corrected chi connectivity index (χ3v) is 7.77. The highest BCUT2D eigenvalue weighted by Crippen LogP contribution is 2.62. The lowest BCUT2D eigenvalue weighted by Gasteiger charge is -2.49. The topological polar surface area (TPSA) is 85.2 Å². The molecule has 6 heteroatoms. The molecule has 4 aliphatic carbocycles. The normalized spacial score (nSPS) is 35.6. The van der Waals surface area contributed by atoms with Gasteiger partial charge in [-0.15, -0.1) is 0 Å². The molecule has 4 rings (SSSR count). The zero-order chi connectivity index (χ0) is 19.9. The van der Waals surface area contributed by atoms with E-state index in [1.807, 2.05) is 0 Å². The number of methoxy groups -OCH3 is 1. The molecule has 2 fully saturated rings. The number of ether oxygens (including phenoxy) is 1. The number of carbonyl (C=O) groups excluding carboxylic acids is 1. The molecule has 2 unspecified atom stereocenters. The van der Waals surface area contributed by atoms with Crippen LogP contribution in [0.4, 0.5) is 4.79 Å². The number of fused-ring (bicyclic) bond motifs is 4. The molecule has 0 radical (unpaired) electrons. The second kappa shape index (κ2) is 7.37. The summed E-state index contributed by atoms with van der Waals surface area (Å²) in [7, 11) is 1.27. The van der Waals surface area contributed by atoms with Crippen molar-refractivity contribution in [2.75, 3.05) is 7.11 Å². The van der Waals surface area contributed by atoms with E-state index in [1.165, 1.54) is 18.3 Å². The van der Waals surface area contributed by atoms with Gasteiger partial charge in [0.25, 0.3) is 0 Å². The maximum absolute atomic E-state index is 11.3. The lowest BCUT2D eigenvalue weighted by molar-refractivity contribution is -0.139. The Hall–Kier alpha value is -2.11. The summed E-state index contributed by atoms with van der Waals surface area (Å²) >= 11 is 0. The summed E-state index contributed by atoms with van der Waals surface area (Å²) in [6, 6.07) is 0. The number of allylic oxidation sites excluding steroid dienone is 4. The average molecular weight is 387 g/mol. The average Bonchev–Trinajstić information content (AvgIpc) is 3.01. The molecule has 0 aromatic heterocycles. The Morgan fingerprint density at radius 1 is 1.21 bits per heavy atom. The largest absolute Gasteiger partial charge is 0.534 e. The predicted molar refractivity (Wildman–Crippen MR) is 104 cm³/mol. The third kappa shape index (κ3) is 3.27. The third-order valence-electron chi connectivity index (χ3n) is 7.77. The Kier molecular flexibility index (Phi) is 5.06. The lowest BCUT2D eigenvalue weighted by Crippen LogP contribution is -2.40. The fraction of sp³-hybridized carbons (Fsp3) is 0.682. The molecule has 28 heavy (non-hydrogen) atoms. The van der Waals surface area contributed by atoms with E-state index < -0.39 is 12.1 Å². The summed E-state index contributed by atoms with van der Waals surface area (Å²) in [5.41, 5.74) is 5.42. The van der Waals surface area contributed by atoms with Gasteiger partial charge in [-0.1, -0.05) is 17.7 Å². The number of aliphatic carboxylic acids is 1. The molecule has 0 aliphatic heterocycles. The zero-order valence-corrected chi connectivity index (χ0v) is 16.7. The van der Waals surface area contributed by atoms with Crippen LogP contribution in [0.2, 0.25) is 0 Å². The van der Waals surface area contributed by atoms with Crippen LogP contribution in [0.1, 0.15) is 64.7 Å². The van der Waals surface area contributed by atoms with Crippen molar-refractivity contribution in [2.45, 2.75) is 64.7 Å². The second-order valence-corrected chi connectivity index (χ2v) is 8.93. The number of hydrogen-bond acceptors (Lipinski definition) is 5. The fourth-order valence-electron chi connectivity index (χ4n) is 6.40. The van der Waals surface area contributed by atoms with Crippen molar-refractivity contribution >= 4 is 17.8 Å². The van der Waals surface area contributed by atoms with Crippen LogP contribution in [0.15, 0.2) is 28.0 Å². The lowest BCUT2D eigenvalue weighted by atomic mass is 9.56. The Labute approximate surface area is 165 Å². The summed E-state index contributed by atoms with van der Waals surface area (Å²) < 4.78 is 4.47. The maximum atomic E-state index is 11.3. The molecular weight excluding hydrogens is 358 g/mol. The number of carboxylic acid groups (broad SMARTS) is 1. The van der Waals surface area contributed by atoms with Gasteiger partial charge in [-0.05, 0) is 91.8 Å². The minimum atomic E-state index is -0.789. The maximum Gasteiger partial charge on any atom is 0.534 e. The second-order valence-electron chi connectivity index (χ2n) is 8.93. The molecule has 0 spiro atoms. The van der Waals surface area contributed by atoms with E-state index in [1.54, 1.807) is 5.57 Å². The number of hydrogen-bond donors (Lipinski definition) is 1. The van der Waals surface area contributed by atoms with Gasteiger partial charge >= 0.3 is 12.1 Å². The highest BCUT2D eigenvalue weighted by atomic mass is 16.8. The molecule has 152 valence electrons. The smallest absolute Gasteiger partial charge is 0.481 e. The first-order valence-electron chi connectivity index (χ1n) is 10.4. The quantitative estimate of drug-likeness (QED) is 0.425.